The number of aliphatic hydroxyl groups excluding tert-OH is 3. The zero-order chi connectivity index (χ0) is 19.1. The van der Waals surface area contributed by atoms with Crippen LogP contribution in [-0.4, -0.2) is 53.2 Å². The number of amides is 1. The molecular weight excluding hydrogens is 390 g/mol. The molecule has 0 fully saturated rings. The van der Waals surface area contributed by atoms with Gasteiger partial charge in [-0.05, 0) is 45.5 Å². The number of carbonyl (C=O) groups is 1. The molecule has 1 aromatic rings. The molecule has 0 radical (unpaired) electrons. The van der Waals surface area contributed by atoms with Crippen molar-refractivity contribution in [2.75, 3.05) is 26.4 Å². The maximum atomic E-state index is 11.9. The topological polar surface area (TPSA) is 99.0 Å². The smallest absolute Gasteiger partial charge is 0.220 e. The van der Waals surface area contributed by atoms with Crippen LogP contribution in [0.1, 0.15) is 39.2 Å². The molecule has 0 aliphatic carbocycles. The Kier molecular flexibility index (Phi) is 8.34. The molecule has 1 aromatic carbocycles. The summed E-state index contributed by atoms with van der Waals surface area (Å²) in [7, 11) is 0. The van der Waals surface area contributed by atoms with Gasteiger partial charge in [0, 0.05) is 6.42 Å². The third-order valence-corrected chi connectivity index (χ3v) is 4.54. The summed E-state index contributed by atoms with van der Waals surface area (Å²) in [5, 5.41) is 30.0. The molecule has 0 unspecified atom stereocenters. The Morgan fingerprint density at radius 1 is 1.16 bits per heavy atom. The van der Waals surface area contributed by atoms with Crippen molar-refractivity contribution in [2.45, 2.75) is 44.6 Å². The number of halogens is 1. The zero-order valence-corrected chi connectivity index (χ0v) is 16.6. The van der Waals surface area contributed by atoms with Crippen LogP contribution in [0, 0.1) is 0 Å². The van der Waals surface area contributed by atoms with Crippen molar-refractivity contribution in [3.63, 3.8) is 0 Å². The third kappa shape index (κ3) is 6.58. The van der Waals surface area contributed by atoms with E-state index in [0.29, 0.717) is 18.8 Å². The summed E-state index contributed by atoms with van der Waals surface area (Å²) in [6, 6.07) is 5.95. The highest BCUT2D eigenvalue weighted by Gasteiger charge is 2.29. The first-order valence-corrected chi connectivity index (χ1v) is 9.03. The van der Waals surface area contributed by atoms with Gasteiger partial charge in [-0.25, -0.2) is 0 Å². The maximum Gasteiger partial charge on any atom is 0.220 e. The van der Waals surface area contributed by atoms with Gasteiger partial charge in [0.2, 0.25) is 5.91 Å². The second-order valence-electron chi connectivity index (χ2n) is 7.15. The van der Waals surface area contributed by atoms with Crippen molar-refractivity contribution in [1.82, 2.24) is 5.32 Å². The minimum atomic E-state index is -1.39. The predicted octanol–water partition coefficient (Wildman–Crippen LogP) is 1.74. The van der Waals surface area contributed by atoms with Gasteiger partial charge in [0.15, 0.2) is 0 Å². The normalized spacial score (nSPS) is 12.1. The standard InChI is InChI=1S/C18H28BrNO5/c1-17(2,3)13-6-7-15(14(19)9-13)25-8-4-5-16(24)20-18(10-21,11-22)12-23/h6-7,9,21-23H,4-5,8,10-12H2,1-3H3,(H,20,24). The van der Waals surface area contributed by atoms with Gasteiger partial charge in [0.25, 0.3) is 0 Å². The zero-order valence-electron chi connectivity index (χ0n) is 15.0. The minimum Gasteiger partial charge on any atom is -0.492 e. The Hall–Kier alpha value is -1.15. The van der Waals surface area contributed by atoms with E-state index in [1.54, 1.807) is 0 Å². The molecule has 0 atom stereocenters. The molecule has 0 aliphatic heterocycles. The van der Waals surface area contributed by atoms with E-state index in [4.69, 9.17) is 4.74 Å². The summed E-state index contributed by atoms with van der Waals surface area (Å²) < 4.78 is 6.55. The molecule has 0 aliphatic rings. The molecule has 0 saturated carbocycles. The number of carbonyl (C=O) groups excluding carboxylic acids is 1. The van der Waals surface area contributed by atoms with Crippen LogP contribution in [0.4, 0.5) is 0 Å². The quantitative estimate of drug-likeness (QED) is 0.458. The molecule has 0 heterocycles. The number of ether oxygens (including phenoxy) is 1. The lowest BCUT2D eigenvalue weighted by Gasteiger charge is -2.28. The van der Waals surface area contributed by atoms with E-state index in [1.807, 2.05) is 18.2 Å². The molecule has 0 spiro atoms. The summed E-state index contributed by atoms with van der Waals surface area (Å²) in [5.74, 6) is 0.353. The second kappa shape index (κ2) is 9.52. The minimum absolute atomic E-state index is 0.0533. The van der Waals surface area contributed by atoms with Gasteiger partial charge in [-0.15, -0.1) is 0 Å². The number of rotatable bonds is 9. The van der Waals surface area contributed by atoms with E-state index in [9.17, 15) is 20.1 Å². The Balaban J connectivity index is 2.47. The average Bonchev–Trinajstić information content (AvgIpc) is 2.57. The molecule has 0 aromatic heterocycles. The monoisotopic (exact) mass is 417 g/mol. The van der Waals surface area contributed by atoms with Crippen LogP contribution in [0.25, 0.3) is 0 Å². The van der Waals surface area contributed by atoms with Gasteiger partial charge in [0.1, 0.15) is 11.3 Å². The van der Waals surface area contributed by atoms with Gasteiger partial charge in [-0.1, -0.05) is 26.8 Å². The number of benzene rings is 1. The summed E-state index contributed by atoms with van der Waals surface area (Å²) in [4.78, 5) is 11.9. The molecule has 25 heavy (non-hydrogen) atoms. The Bertz CT molecular complexity index is 559. The van der Waals surface area contributed by atoms with Crippen LogP contribution in [-0.2, 0) is 10.2 Å². The highest BCUT2D eigenvalue weighted by Crippen LogP contribution is 2.31. The van der Waals surface area contributed by atoms with Crippen molar-refractivity contribution in [3.8, 4) is 5.75 Å². The molecule has 6 nitrogen and oxygen atoms in total. The fraction of sp³-hybridized carbons (Fsp3) is 0.611. The number of aliphatic hydroxyl groups is 3. The van der Waals surface area contributed by atoms with E-state index < -0.39 is 25.4 Å². The van der Waals surface area contributed by atoms with E-state index in [0.717, 1.165) is 4.47 Å². The van der Waals surface area contributed by atoms with Crippen molar-refractivity contribution in [3.05, 3.63) is 28.2 Å². The fourth-order valence-electron chi connectivity index (χ4n) is 2.13. The lowest BCUT2D eigenvalue weighted by atomic mass is 9.87. The van der Waals surface area contributed by atoms with Crippen LogP contribution < -0.4 is 10.1 Å². The van der Waals surface area contributed by atoms with Crippen LogP contribution >= 0.6 is 15.9 Å². The highest BCUT2D eigenvalue weighted by atomic mass is 79.9. The summed E-state index contributed by atoms with van der Waals surface area (Å²) in [6.07, 6.45) is 0.636. The third-order valence-electron chi connectivity index (χ3n) is 3.92. The molecule has 0 bridgehead atoms. The first-order valence-electron chi connectivity index (χ1n) is 8.24. The number of hydrogen-bond acceptors (Lipinski definition) is 5. The molecule has 4 N–H and O–H groups in total. The highest BCUT2D eigenvalue weighted by molar-refractivity contribution is 9.10. The molecule has 1 rings (SSSR count). The Morgan fingerprint density at radius 2 is 1.76 bits per heavy atom. The molecule has 7 heteroatoms. The van der Waals surface area contributed by atoms with E-state index in [-0.39, 0.29) is 17.7 Å². The van der Waals surface area contributed by atoms with Crippen molar-refractivity contribution < 1.29 is 24.9 Å². The molecule has 0 saturated heterocycles. The lowest BCUT2D eigenvalue weighted by molar-refractivity contribution is -0.125. The Labute approximate surface area is 157 Å². The van der Waals surface area contributed by atoms with Gasteiger partial charge in [-0.3, -0.25) is 4.79 Å². The van der Waals surface area contributed by atoms with E-state index >= 15 is 0 Å². The van der Waals surface area contributed by atoms with Crippen molar-refractivity contribution >= 4 is 21.8 Å². The van der Waals surface area contributed by atoms with Crippen LogP contribution in [0.5, 0.6) is 5.75 Å². The summed E-state index contributed by atoms with van der Waals surface area (Å²) in [5.41, 5.74) is -0.138. The number of nitrogens with one attached hydrogen (secondary N) is 1. The average molecular weight is 418 g/mol. The lowest BCUT2D eigenvalue weighted by Crippen LogP contribution is -2.57. The van der Waals surface area contributed by atoms with Gasteiger partial charge in [0.05, 0.1) is 30.9 Å². The van der Waals surface area contributed by atoms with Gasteiger partial charge < -0.3 is 25.4 Å². The summed E-state index contributed by atoms with van der Waals surface area (Å²) in [6.45, 7) is 5.17. The van der Waals surface area contributed by atoms with Crippen LogP contribution in [0.15, 0.2) is 22.7 Å². The number of hydrogen-bond donors (Lipinski definition) is 4. The van der Waals surface area contributed by atoms with Crippen molar-refractivity contribution in [2.24, 2.45) is 0 Å². The van der Waals surface area contributed by atoms with Crippen molar-refractivity contribution in [1.29, 1.82) is 0 Å². The molecule has 142 valence electrons. The SMILES string of the molecule is CC(C)(C)c1ccc(OCCCC(=O)NC(CO)(CO)CO)c(Br)c1. The second-order valence-corrected chi connectivity index (χ2v) is 8.00. The van der Waals surface area contributed by atoms with Gasteiger partial charge >= 0.3 is 0 Å². The van der Waals surface area contributed by atoms with Gasteiger partial charge in [-0.2, -0.15) is 0 Å². The van der Waals surface area contributed by atoms with Crippen LogP contribution in [0.2, 0.25) is 0 Å². The van der Waals surface area contributed by atoms with Crippen LogP contribution in [0.3, 0.4) is 0 Å². The fourth-order valence-corrected chi connectivity index (χ4v) is 2.62. The van der Waals surface area contributed by atoms with E-state index in [2.05, 4.69) is 42.0 Å². The summed E-state index contributed by atoms with van der Waals surface area (Å²) >= 11 is 3.50. The first kappa shape index (κ1) is 21.9. The van der Waals surface area contributed by atoms with E-state index in [1.165, 1.54) is 5.56 Å². The largest absolute Gasteiger partial charge is 0.492 e. The first-order chi connectivity index (χ1) is 11.7. The maximum absolute atomic E-state index is 11.9. The molecular formula is C18H28BrNO5. The predicted molar refractivity (Wildman–Crippen MR) is 99.7 cm³/mol. The Morgan fingerprint density at radius 3 is 2.24 bits per heavy atom. The molecule has 1 amide bonds.